The first-order valence-corrected chi connectivity index (χ1v) is 8.69. The quantitative estimate of drug-likeness (QED) is 0.819. The molecule has 0 heterocycles. The van der Waals surface area contributed by atoms with E-state index in [0.29, 0.717) is 12.5 Å². The first kappa shape index (κ1) is 17.6. The molecule has 0 saturated carbocycles. The maximum Gasteiger partial charge on any atom is 0.0366 e. The molecule has 2 nitrogen and oxygen atoms in total. The van der Waals surface area contributed by atoms with Crippen LogP contribution in [0.1, 0.15) is 42.0 Å². The van der Waals surface area contributed by atoms with Gasteiger partial charge in [0.25, 0.3) is 0 Å². The van der Waals surface area contributed by atoms with Crippen LogP contribution in [0.5, 0.6) is 0 Å². The van der Waals surface area contributed by atoms with Crippen LogP contribution in [0, 0.1) is 13.8 Å². The molecule has 0 saturated heterocycles. The Hall–Kier alpha value is -1.80. The molecule has 1 atom stereocenters. The molecule has 2 N–H and O–H groups in total. The van der Waals surface area contributed by atoms with Crippen LogP contribution in [0.3, 0.4) is 0 Å². The lowest BCUT2D eigenvalue weighted by molar-refractivity contribution is 0.693. The monoisotopic (exact) mass is 310 g/mol. The number of hydrogen-bond acceptors (Lipinski definition) is 2. The second-order valence-electron chi connectivity index (χ2n) is 6.40. The Balaban J connectivity index is 2.15. The summed E-state index contributed by atoms with van der Waals surface area (Å²) in [7, 11) is 0. The van der Waals surface area contributed by atoms with E-state index >= 15 is 0 Å². The molecule has 1 unspecified atom stereocenters. The molecule has 0 fully saturated rings. The predicted molar refractivity (Wildman–Crippen MR) is 101 cm³/mol. The molecule has 0 aliphatic rings. The fraction of sp³-hybridized carbons (Fsp3) is 0.429. The Morgan fingerprint density at radius 3 is 1.96 bits per heavy atom. The van der Waals surface area contributed by atoms with Gasteiger partial charge in [-0.25, -0.2) is 0 Å². The summed E-state index contributed by atoms with van der Waals surface area (Å²) in [6.07, 6.45) is 0.998. The van der Waals surface area contributed by atoms with Gasteiger partial charge in [-0.2, -0.15) is 0 Å². The van der Waals surface area contributed by atoms with Crippen molar-refractivity contribution in [2.24, 2.45) is 5.73 Å². The molecular formula is C21H30N2. The van der Waals surface area contributed by atoms with Gasteiger partial charge in [0.1, 0.15) is 0 Å². The molecule has 2 heteroatoms. The normalized spacial score (nSPS) is 12.2. The minimum absolute atomic E-state index is 0.382. The highest BCUT2D eigenvalue weighted by atomic mass is 15.1. The van der Waals surface area contributed by atoms with Gasteiger partial charge in [0.05, 0.1) is 0 Å². The number of benzene rings is 2. The molecular weight excluding hydrogens is 280 g/mol. The summed E-state index contributed by atoms with van der Waals surface area (Å²) in [5, 5.41) is 0. The fourth-order valence-corrected chi connectivity index (χ4v) is 3.30. The Bertz CT molecular complexity index is 592. The van der Waals surface area contributed by atoms with Crippen molar-refractivity contribution in [3.8, 4) is 0 Å². The van der Waals surface area contributed by atoms with Crippen LogP contribution < -0.4 is 10.6 Å². The van der Waals surface area contributed by atoms with Crippen LogP contribution in [0.2, 0.25) is 0 Å². The zero-order chi connectivity index (χ0) is 16.8. The van der Waals surface area contributed by atoms with Crippen molar-refractivity contribution in [3.05, 3.63) is 64.7 Å². The van der Waals surface area contributed by atoms with E-state index < -0.39 is 0 Å². The zero-order valence-electron chi connectivity index (χ0n) is 15.0. The molecule has 0 spiro atoms. The molecule has 0 aromatic heterocycles. The Labute approximate surface area is 141 Å². The molecule has 2 aromatic carbocycles. The fourth-order valence-electron chi connectivity index (χ4n) is 3.30. The van der Waals surface area contributed by atoms with Gasteiger partial charge < -0.3 is 10.6 Å². The van der Waals surface area contributed by atoms with Gasteiger partial charge in [0.15, 0.2) is 0 Å². The van der Waals surface area contributed by atoms with Crippen molar-refractivity contribution in [2.45, 2.75) is 40.0 Å². The summed E-state index contributed by atoms with van der Waals surface area (Å²) < 4.78 is 0. The minimum Gasteiger partial charge on any atom is -0.372 e. The van der Waals surface area contributed by atoms with E-state index in [1.165, 1.54) is 27.9 Å². The highest BCUT2D eigenvalue weighted by Gasteiger charge is 2.12. The highest BCUT2D eigenvalue weighted by Crippen LogP contribution is 2.24. The van der Waals surface area contributed by atoms with E-state index in [1.807, 2.05) is 0 Å². The van der Waals surface area contributed by atoms with Crippen LogP contribution in [0.4, 0.5) is 5.69 Å². The Kier molecular flexibility index (Phi) is 6.23. The molecule has 124 valence electrons. The molecule has 2 aromatic rings. The maximum atomic E-state index is 6.07. The van der Waals surface area contributed by atoms with Gasteiger partial charge in [-0.1, -0.05) is 41.5 Å². The number of anilines is 1. The Morgan fingerprint density at radius 2 is 1.48 bits per heavy atom. The Morgan fingerprint density at radius 1 is 0.913 bits per heavy atom. The largest absolute Gasteiger partial charge is 0.372 e. The second kappa shape index (κ2) is 8.16. The van der Waals surface area contributed by atoms with Crippen molar-refractivity contribution < 1.29 is 0 Å². The molecule has 0 bridgehead atoms. The third kappa shape index (κ3) is 4.59. The highest BCUT2D eigenvalue weighted by molar-refractivity contribution is 5.47. The van der Waals surface area contributed by atoms with Crippen LogP contribution in [0.25, 0.3) is 0 Å². The minimum atomic E-state index is 0.382. The topological polar surface area (TPSA) is 29.3 Å². The third-order valence-corrected chi connectivity index (χ3v) is 4.55. The van der Waals surface area contributed by atoms with Gasteiger partial charge in [-0.05, 0) is 63.9 Å². The summed E-state index contributed by atoms with van der Waals surface area (Å²) in [4.78, 5) is 2.37. The van der Waals surface area contributed by atoms with Gasteiger partial charge >= 0.3 is 0 Å². The lowest BCUT2D eigenvalue weighted by Gasteiger charge is -2.22. The van der Waals surface area contributed by atoms with Crippen molar-refractivity contribution in [1.29, 1.82) is 0 Å². The smallest absolute Gasteiger partial charge is 0.0366 e. The molecule has 0 amide bonds. The average molecular weight is 310 g/mol. The van der Waals surface area contributed by atoms with E-state index in [2.05, 4.69) is 75.1 Å². The van der Waals surface area contributed by atoms with E-state index in [1.54, 1.807) is 0 Å². The lowest BCUT2D eigenvalue weighted by atomic mass is 9.90. The predicted octanol–water partition coefficient (Wildman–Crippen LogP) is 4.43. The standard InChI is InChI=1S/C21H30N2/c1-5-23(6-2)21-9-7-18(8-10-21)14-20(15-22)19-12-16(3)11-17(4)13-19/h7-13,20H,5-6,14-15,22H2,1-4H3. The summed E-state index contributed by atoms with van der Waals surface area (Å²) in [6.45, 7) is 11.5. The second-order valence-corrected chi connectivity index (χ2v) is 6.40. The van der Waals surface area contributed by atoms with Gasteiger partial charge in [-0.3, -0.25) is 0 Å². The summed E-state index contributed by atoms with van der Waals surface area (Å²) in [5.74, 6) is 0.382. The number of aryl methyl sites for hydroxylation is 2. The molecule has 2 rings (SSSR count). The number of hydrogen-bond donors (Lipinski definition) is 1. The van der Waals surface area contributed by atoms with Crippen molar-refractivity contribution >= 4 is 5.69 Å². The summed E-state index contributed by atoms with van der Waals surface area (Å²) >= 11 is 0. The zero-order valence-corrected chi connectivity index (χ0v) is 15.0. The van der Waals surface area contributed by atoms with Gasteiger partial charge in [0, 0.05) is 24.7 Å². The van der Waals surface area contributed by atoms with E-state index in [-0.39, 0.29) is 0 Å². The van der Waals surface area contributed by atoms with Crippen LogP contribution in [-0.2, 0) is 6.42 Å². The third-order valence-electron chi connectivity index (χ3n) is 4.55. The van der Waals surface area contributed by atoms with Crippen LogP contribution in [-0.4, -0.2) is 19.6 Å². The van der Waals surface area contributed by atoms with Crippen LogP contribution >= 0.6 is 0 Å². The lowest BCUT2D eigenvalue weighted by Crippen LogP contribution is -2.21. The van der Waals surface area contributed by atoms with E-state index in [0.717, 1.165) is 19.5 Å². The number of nitrogens with zero attached hydrogens (tertiary/aromatic N) is 1. The van der Waals surface area contributed by atoms with Crippen molar-refractivity contribution in [3.63, 3.8) is 0 Å². The van der Waals surface area contributed by atoms with Crippen LogP contribution in [0.15, 0.2) is 42.5 Å². The van der Waals surface area contributed by atoms with Crippen molar-refractivity contribution in [1.82, 2.24) is 0 Å². The van der Waals surface area contributed by atoms with E-state index in [9.17, 15) is 0 Å². The number of nitrogens with two attached hydrogens (primary N) is 1. The SMILES string of the molecule is CCN(CC)c1ccc(CC(CN)c2cc(C)cc(C)c2)cc1. The first-order chi connectivity index (χ1) is 11.1. The summed E-state index contributed by atoms with van der Waals surface area (Å²) in [6, 6.07) is 15.7. The average Bonchev–Trinajstić information content (AvgIpc) is 2.54. The molecule has 23 heavy (non-hydrogen) atoms. The first-order valence-electron chi connectivity index (χ1n) is 8.69. The molecule has 0 radical (unpaired) electrons. The molecule has 0 aliphatic heterocycles. The maximum absolute atomic E-state index is 6.07. The number of rotatable bonds is 7. The summed E-state index contributed by atoms with van der Waals surface area (Å²) in [5.41, 5.74) is 12.7. The van der Waals surface area contributed by atoms with Crippen molar-refractivity contribution in [2.75, 3.05) is 24.5 Å². The molecule has 0 aliphatic carbocycles. The van der Waals surface area contributed by atoms with E-state index in [4.69, 9.17) is 5.73 Å². The van der Waals surface area contributed by atoms with Gasteiger partial charge in [-0.15, -0.1) is 0 Å². The van der Waals surface area contributed by atoms with Gasteiger partial charge in [0.2, 0.25) is 0 Å².